The quantitative estimate of drug-likeness (QED) is 0.909. The molecular formula is C14H17N3O2. The molecule has 5 nitrogen and oxygen atoms in total. The highest BCUT2D eigenvalue weighted by Crippen LogP contribution is 2.02. The van der Waals surface area contributed by atoms with E-state index in [0.717, 1.165) is 12.0 Å². The number of aromatic nitrogens is 2. The van der Waals surface area contributed by atoms with E-state index in [-0.39, 0.29) is 23.1 Å². The monoisotopic (exact) mass is 259 g/mol. The number of amides is 1. The van der Waals surface area contributed by atoms with Crippen molar-refractivity contribution >= 4 is 11.6 Å². The van der Waals surface area contributed by atoms with Crippen molar-refractivity contribution in [1.29, 1.82) is 0 Å². The number of nitrogens with one attached hydrogen (secondary N) is 1. The first-order valence-electron chi connectivity index (χ1n) is 6.31. The molecule has 0 aromatic carbocycles. The van der Waals surface area contributed by atoms with Crippen molar-refractivity contribution < 1.29 is 4.79 Å². The first-order valence-corrected chi connectivity index (χ1v) is 6.31. The lowest BCUT2D eigenvalue weighted by Crippen LogP contribution is -2.36. The third kappa shape index (κ3) is 2.65. The molecule has 2 rings (SSSR count). The SMILES string of the molecule is CC[C@@H](C)NC(=O)c1cnc2ccc(C)cn2c1=O. The van der Waals surface area contributed by atoms with Gasteiger partial charge in [0.15, 0.2) is 0 Å². The Hall–Kier alpha value is -2.17. The van der Waals surface area contributed by atoms with E-state index in [1.807, 2.05) is 26.8 Å². The lowest BCUT2D eigenvalue weighted by atomic mass is 10.2. The maximum atomic E-state index is 12.3. The Labute approximate surface area is 111 Å². The number of fused-ring (bicyclic) bond motifs is 1. The molecule has 1 amide bonds. The summed E-state index contributed by atoms with van der Waals surface area (Å²) in [5, 5.41) is 2.77. The summed E-state index contributed by atoms with van der Waals surface area (Å²) in [5.74, 6) is -0.372. The van der Waals surface area contributed by atoms with Crippen molar-refractivity contribution in [3.8, 4) is 0 Å². The fourth-order valence-electron chi connectivity index (χ4n) is 1.74. The number of hydrogen-bond acceptors (Lipinski definition) is 3. The smallest absolute Gasteiger partial charge is 0.270 e. The molecule has 2 aromatic heterocycles. The third-order valence-electron chi connectivity index (χ3n) is 3.08. The lowest BCUT2D eigenvalue weighted by Gasteiger charge is -2.11. The summed E-state index contributed by atoms with van der Waals surface area (Å²) in [4.78, 5) is 28.4. The molecule has 0 aliphatic carbocycles. The average Bonchev–Trinajstić information content (AvgIpc) is 2.39. The highest BCUT2D eigenvalue weighted by atomic mass is 16.2. The number of nitrogens with zero attached hydrogens (tertiary/aromatic N) is 2. The number of pyridine rings is 1. The number of carbonyl (C=O) groups excluding carboxylic acids is 1. The molecule has 1 N–H and O–H groups in total. The standard InChI is InChI=1S/C14H17N3O2/c1-4-10(3)16-13(18)11-7-15-12-6-5-9(2)8-17(12)14(11)19/h5-8,10H,4H2,1-3H3,(H,16,18)/t10-/m1/s1. The van der Waals surface area contributed by atoms with Crippen molar-refractivity contribution in [3.63, 3.8) is 0 Å². The van der Waals surface area contributed by atoms with E-state index in [2.05, 4.69) is 10.3 Å². The Morgan fingerprint density at radius 3 is 2.89 bits per heavy atom. The zero-order valence-electron chi connectivity index (χ0n) is 11.3. The predicted octanol–water partition coefficient (Wildman–Crippen LogP) is 1.53. The molecule has 0 spiro atoms. The second kappa shape index (κ2) is 5.22. The van der Waals surface area contributed by atoms with Gasteiger partial charge in [0.2, 0.25) is 0 Å². The highest BCUT2D eigenvalue weighted by molar-refractivity contribution is 5.93. The third-order valence-corrected chi connectivity index (χ3v) is 3.08. The second-order valence-corrected chi connectivity index (χ2v) is 4.69. The van der Waals surface area contributed by atoms with Gasteiger partial charge in [0.05, 0.1) is 0 Å². The summed E-state index contributed by atoms with van der Waals surface area (Å²) < 4.78 is 1.40. The van der Waals surface area contributed by atoms with Crippen LogP contribution in [0.5, 0.6) is 0 Å². The van der Waals surface area contributed by atoms with E-state index in [1.165, 1.54) is 10.6 Å². The minimum absolute atomic E-state index is 0.0325. The topological polar surface area (TPSA) is 63.5 Å². The molecule has 0 fully saturated rings. The molecule has 0 bridgehead atoms. The first-order chi connectivity index (χ1) is 9.02. The Balaban J connectivity index is 2.48. The number of rotatable bonds is 3. The molecule has 0 unspecified atom stereocenters. The molecule has 1 atom stereocenters. The highest BCUT2D eigenvalue weighted by Gasteiger charge is 2.14. The molecule has 100 valence electrons. The maximum absolute atomic E-state index is 12.3. The molecule has 0 aliphatic heterocycles. The van der Waals surface area contributed by atoms with Crippen molar-refractivity contribution in [2.75, 3.05) is 0 Å². The van der Waals surface area contributed by atoms with E-state index in [0.29, 0.717) is 5.65 Å². The first kappa shape index (κ1) is 13.3. The van der Waals surface area contributed by atoms with Gasteiger partial charge in [-0.2, -0.15) is 0 Å². The van der Waals surface area contributed by atoms with Crippen LogP contribution in [-0.4, -0.2) is 21.3 Å². The van der Waals surface area contributed by atoms with Crippen molar-refractivity contribution in [2.24, 2.45) is 0 Å². The zero-order chi connectivity index (χ0) is 14.0. The van der Waals surface area contributed by atoms with Crippen LogP contribution in [0.3, 0.4) is 0 Å². The molecule has 5 heteroatoms. The van der Waals surface area contributed by atoms with Gasteiger partial charge < -0.3 is 5.32 Å². The summed E-state index contributed by atoms with van der Waals surface area (Å²) in [6, 6.07) is 3.67. The zero-order valence-corrected chi connectivity index (χ0v) is 11.3. The largest absolute Gasteiger partial charge is 0.349 e. The molecule has 0 saturated carbocycles. The number of aryl methyl sites for hydroxylation is 1. The number of hydrogen-bond donors (Lipinski definition) is 1. The van der Waals surface area contributed by atoms with E-state index in [1.54, 1.807) is 12.3 Å². The minimum atomic E-state index is -0.372. The molecule has 2 aromatic rings. The van der Waals surface area contributed by atoms with Crippen LogP contribution >= 0.6 is 0 Å². The Bertz CT molecular complexity index is 676. The minimum Gasteiger partial charge on any atom is -0.349 e. The van der Waals surface area contributed by atoms with Gasteiger partial charge in [0.25, 0.3) is 11.5 Å². The summed E-state index contributed by atoms with van der Waals surface area (Å²) in [6.45, 7) is 5.76. The average molecular weight is 259 g/mol. The van der Waals surface area contributed by atoms with Gasteiger partial charge in [-0.05, 0) is 31.9 Å². The summed E-state index contributed by atoms with van der Waals surface area (Å²) in [5.41, 5.74) is 1.21. The van der Waals surface area contributed by atoms with Crippen molar-refractivity contribution in [2.45, 2.75) is 33.2 Å². The van der Waals surface area contributed by atoms with Crippen LogP contribution in [0.25, 0.3) is 5.65 Å². The van der Waals surface area contributed by atoms with Crippen LogP contribution in [0, 0.1) is 6.92 Å². The predicted molar refractivity (Wildman–Crippen MR) is 73.4 cm³/mol. The van der Waals surface area contributed by atoms with Crippen molar-refractivity contribution in [3.05, 3.63) is 46.0 Å². The van der Waals surface area contributed by atoms with Gasteiger partial charge in [-0.1, -0.05) is 13.0 Å². The molecular weight excluding hydrogens is 242 g/mol. The molecule has 2 heterocycles. The molecule has 19 heavy (non-hydrogen) atoms. The second-order valence-electron chi connectivity index (χ2n) is 4.69. The van der Waals surface area contributed by atoms with Crippen LogP contribution in [-0.2, 0) is 0 Å². The number of carbonyl (C=O) groups is 1. The summed E-state index contributed by atoms with van der Waals surface area (Å²) >= 11 is 0. The summed E-state index contributed by atoms with van der Waals surface area (Å²) in [7, 11) is 0. The fourth-order valence-corrected chi connectivity index (χ4v) is 1.74. The Morgan fingerprint density at radius 2 is 2.21 bits per heavy atom. The van der Waals surface area contributed by atoms with Gasteiger partial charge in [-0.3, -0.25) is 14.0 Å². The van der Waals surface area contributed by atoms with E-state index < -0.39 is 0 Å². The van der Waals surface area contributed by atoms with Gasteiger partial charge in [-0.15, -0.1) is 0 Å². The van der Waals surface area contributed by atoms with E-state index >= 15 is 0 Å². The Kier molecular flexibility index (Phi) is 3.64. The molecule has 0 saturated heterocycles. The molecule has 0 radical (unpaired) electrons. The fraction of sp³-hybridized carbons (Fsp3) is 0.357. The van der Waals surface area contributed by atoms with Gasteiger partial charge in [0, 0.05) is 18.4 Å². The van der Waals surface area contributed by atoms with Crippen LogP contribution in [0.4, 0.5) is 0 Å². The van der Waals surface area contributed by atoms with Crippen LogP contribution in [0.15, 0.2) is 29.3 Å². The normalized spacial score (nSPS) is 12.4. The van der Waals surface area contributed by atoms with Gasteiger partial charge in [-0.25, -0.2) is 4.98 Å². The molecule has 0 aliphatic rings. The summed E-state index contributed by atoms with van der Waals surface area (Å²) in [6.07, 6.45) is 3.84. The Morgan fingerprint density at radius 1 is 1.47 bits per heavy atom. The lowest BCUT2D eigenvalue weighted by molar-refractivity contribution is 0.0937. The maximum Gasteiger partial charge on any atom is 0.270 e. The van der Waals surface area contributed by atoms with Gasteiger partial charge in [0.1, 0.15) is 11.2 Å². The van der Waals surface area contributed by atoms with E-state index in [9.17, 15) is 9.59 Å². The van der Waals surface area contributed by atoms with Crippen molar-refractivity contribution in [1.82, 2.24) is 14.7 Å². The van der Waals surface area contributed by atoms with Gasteiger partial charge >= 0.3 is 0 Å². The van der Waals surface area contributed by atoms with Crippen LogP contribution in [0.2, 0.25) is 0 Å². The van der Waals surface area contributed by atoms with Crippen LogP contribution in [0.1, 0.15) is 36.2 Å². The van der Waals surface area contributed by atoms with Crippen LogP contribution < -0.4 is 10.9 Å². The van der Waals surface area contributed by atoms with E-state index in [4.69, 9.17) is 0 Å².